The van der Waals surface area contributed by atoms with Gasteiger partial charge in [-0.2, -0.15) is 0 Å². The minimum absolute atomic E-state index is 0.0212. The third kappa shape index (κ3) is 4.61. The molecule has 0 saturated heterocycles. The number of amides is 2. The highest BCUT2D eigenvalue weighted by Crippen LogP contribution is 2.17. The normalized spacial score (nSPS) is 10.8. The fourth-order valence-electron chi connectivity index (χ4n) is 3.43. The van der Waals surface area contributed by atoms with Gasteiger partial charge in [-0.05, 0) is 48.9 Å². The van der Waals surface area contributed by atoms with Crippen molar-refractivity contribution in [2.75, 3.05) is 5.32 Å². The van der Waals surface area contributed by atoms with Crippen LogP contribution in [0, 0.1) is 12.7 Å². The number of hydrogen-bond donors (Lipinski definition) is 2. The number of carbonyl (C=O) groups is 2. The van der Waals surface area contributed by atoms with Crippen molar-refractivity contribution in [3.8, 4) is 0 Å². The molecule has 0 aliphatic carbocycles. The first kappa shape index (κ1) is 20.3. The van der Waals surface area contributed by atoms with Crippen LogP contribution in [0.5, 0.6) is 0 Å². The van der Waals surface area contributed by atoms with Gasteiger partial charge in [-0.15, -0.1) is 0 Å². The molecule has 0 atom stereocenters. The summed E-state index contributed by atoms with van der Waals surface area (Å²) in [6, 6.07) is 20.5. The molecule has 0 unspecified atom stereocenters. The number of benzene rings is 3. The second-order valence-electron chi connectivity index (χ2n) is 7.16. The molecule has 1 aromatic heterocycles. The molecular formula is C24H21FN4O2. The van der Waals surface area contributed by atoms with Gasteiger partial charge in [-0.3, -0.25) is 9.59 Å². The number of para-hydroxylation sites is 2. The maximum Gasteiger partial charge on any atom is 0.251 e. The Bertz CT molecular complexity index is 1270. The number of hydrogen-bond acceptors (Lipinski definition) is 3. The first-order valence-electron chi connectivity index (χ1n) is 9.84. The van der Waals surface area contributed by atoms with Crippen LogP contribution in [0.3, 0.4) is 0 Å². The molecule has 0 aliphatic heterocycles. The van der Waals surface area contributed by atoms with Gasteiger partial charge in [-0.1, -0.05) is 36.4 Å². The average Bonchev–Trinajstić information content (AvgIpc) is 3.09. The lowest BCUT2D eigenvalue weighted by molar-refractivity contribution is -0.116. The van der Waals surface area contributed by atoms with Crippen molar-refractivity contribution in [1.29, 1.82) is 0 Å². The molecule has 4 rings (SSSR count). The molecule has 6 nitrogen and oxygen atoms in total. The maximum atomic E-state index is 13.4. The SMILES string of the molecule is Cc1ccccc1C(=O)NCc1nc2ccccc2n1CC(=O)Nc1cccc(F)c1. The second kappa shape index (κ2) is 8.79. The summed E-state index contributed by atoms with van der Waals surface area (Å²) in [6.45, 7) is 2.02. The third-order valence-corrected chi connectivity index (χ3v) is 4.94. The molecule has 2 amide bonds. The predicted molar refractivity (Wildman–Crippen MR) is 117 cm³/mol. The van der Waals surface area contributed by atoms with Gasteiger partial charge in [0.2, 0.25) is 5.91 Å². The molecule has 156 valence electrons. The highest BCUT2D eigenvalue weighted by molar-refractivity contribution is 5.95. The van der Waals surface area contributed by atoms with Crippen LogP contribution < -0.4 is 10.6 Å². The van der Waals surface area contributed by atoms with Crippen molar-refractivity contribution in [3.63, 3.8) is 0 Å². The number of nitrogens with one attached hydrogen (secondary N) is 2. The van der Waals surface area contributed by atoms with Crippen molar-refractivity contribution < 1.29 is 14.0 Å². The Balaban J connectivity index is 1.55. The van der Waals surface area contributed by atoms with Gasteiger partial charge in [0.15, 0.2) is 0 Å². The molecule has 0 bridgehead atoms. The van der Waals surface area contributed by atoms with E-state index in [4.69, 9.17) is 0 Å². The zero-order valence-electron chi connectivity index (χ0n) is 16.9. The summed E-state index contributed by atoms with van der Waals surface area (Å²) in [5, 5.41) is 5.58. The first-order chi connectivity index (χ1) is 15.0. The molecule has 0 spiro atoms. The number of halogens is 1. The summed E-state index contributed by atoms with van der Waals surface area (Å²) in [6.07, 6.45) is 0. The van der Waals surface area contributed by atoms with Gasteiger partial charge < -0.3 is 15.2 Å². The lowest BCUT2D eigenvalue weighted by atomic mass is 10.1. The molecule has 1 heterocycles. The number of rotatable bonds is 6. The third-order valence-electron chi connectivity index (χ3n) is 4.94. The molecule has 3 aromatic carbocycles. The van der Waals surface area contributed by atoms with Gasteiger partial charge in [0, 0.05) is 11.3 Å². The van der Waals surface area contributed by atoms with Crippen molar-refractivity contribution >= 4 is 28.5 Å². The molecule has 4 aromatic rings. The fraction of sp³-hybridized carbons (Fsp3) is 0.125. The van der Waals surface area contributed by atoms with Crippen LogP contribution in [0.2, 0.25) is 0 Å². The van der Waals surface area contributed by atoms with E-state index < -0.39 is 5.82 Å². The van der Waals surface area contributed by atoms with E-state index in [0.29, 0.717) is 17.1 Å². The molecule has 0 saturated carbocycles. The van der Waals surface area contributed by atoms with Gasteiger partial charge in [-0.25, -0.2) is 9.37 Å². The van der Waals surface area contributed by atoms with E-state index in [1.165, 1.54) is 18.2 Å². The van der Waals surface area contributed by atoms with Gasteiger partial charge in [0.1, 0.15) is 18.2 Å². The van der Waals surface area contributed by atoms with Crippen molar-refractivity contribution in [2.24, 2.45) is 0 Å². The number of anilines is 1. The molecule has 0 fully saturated rings. The van der Waals surface area contributed by atoms with Crippen molar-refractivity contribution in [3.05, 3.63) is 95.6 Å². The first-order valence-corrected chi connectivity index (χ1v) is 9.84. The predicted octanol–water partition coefficient (Wildman–Crippen LogP) is 4.05. The van der Waals surface area contributed by atoms with E-state index >= 15 is 0 Å². The number of aromatic nitrogens is 2. The van der Waals surface area contributed by atoms with E-state index in [9.17, 15) is 14.0 Å². The summed E-state index contributed by atoms with van der Waals surface area (Å²) >= 11 is 0. The Labute approximate surface area is 178 Å². The van der Waals surface area contributed by atoms with Crippen LogP contribution in [0.25, 0.3) is 11.0 Å². The van der Waals surface area contributed by atoms with Crippen LogP contribution in [-0.2, 0) is 17.9 Å². The maximum absolute atomic E-state index is 13.4. The number of carbonyl (C=O) groups excluding carboxylic acids is 2. The zero-order chi connectivity index (χ0) is 21.8. The smallest absolute Gasteiger partial charge is 0.251 e. The molecular weight excluding hydrogens is 395 g/mol. The number of nitrogens with zero attached hydrogens (tertiary/aromatic N) is 2. The largest absolute Gasteiger partial charge is 0.345 e. The molecule has 0 radical (unpaired) electrons. The van der Waals surface area contributed by atoms with E-state index in [2.05, 4.69) is 15.6 Å². The summed E-state index contributed by atoms with van der Waals surface area (Å²) in [7, 11) is 0. The molecule has 31 heavy (non-hydrogen) atoms. The highest BCUT2D eigenvalue weighted by atomic mass is 19.1. The molecule has 2 N–H and O–H groups in total. The van der Waals surface area contributed by atoms with Gasteiger partial charge in [0.05, 0.1) is 17.6 Å². The topological polar surface area (TPSA) is 76.0 Å². The summed E-state index contributed by atoms with van der Waals surface area (Å²) in [5.41, 5.74) is 3.35. The van der Waals surface area contributed by atoms with Crippen molar-refractivity contribution in [1.82, 2.24) is 14.9 Å². The van der Waals surface area contributed by atoms with Crippen LogP contribution in [0.4, 0.5) is 10.1 Å². The monoisotopic (exact) mass is 416 g/mol. The molecule has 0 aliphatic rings. The number of fused-ring (bicyclic) bond motifs is 1. The van der Waals surface area contributed by atoms with Crippen molar-refractivity contribution in [2.45, 2.75) is 20.0 Å². The average molecular weight is 416 g/mol. The second-order valence-corrected chi connectivity index (χ2v) is 7.16. The lowest BCUT2D eigenvalue weighted by Gasteiger charge is -2.11. The van der Waals surface area contributed by atoms with Crippen LogP contribution in [-0.4, -0.2) is 21.4 Å². The summed E-state index contributed by atoms with van der Waals surface area (Å²) in [5.74, 6) is -0.399. The Morgan fingerprint density at radius 1 is 1.00 bits per heavy atom. The van der Waals surface area contributed by atoms with Crippen LogP contribution >= 0.6 is 0 Å². The Morgan fingerprint density at radius 3 is 2.58 bits per heavy atom. The van der Waals surface area contributed by atoms with E-state index in [1.54, 1.807) is 16.7 Å². The lowest BCUT2D eigenvalue weighted by Crippen LogP contribution is -2.27. The van der Waals surface area contributed by atoms with E-state index in [1.807, 2.05) is 49.4 Å². The van der Waals surface area contributed by atoms with E-state index in [0.717, 1.165) is 16.6 Å². The summed E-state index contributed by atoms with van der Waals surface area (Å²) < 4.78 is 15.2. The minimum Gasteiger partial charge on any atom is -0.345 e. The zero-order valence-corrected chi connectivity index (χ0v) is 16.9. The van der Waals surface area contributed by atoms with Gasteiger partial charge in [0.25, 0.3) is 5.91 Å². The van der Waals surface area contributed by atoms with Crippen LogP contribution in [0.15, 0.2) is 72.8 Å². The number of aryl methyl sites for hydroxylation is 1. The van der Waals surface area contributed by atoms with E-state index in [-0.39, 0.29) is 24.9 Å². The summed E-state index contributed by atoms with van der Waals surface area (Å²) in [4.78, 5) is 29.8. The fourth-order valence-corrected chi connectivity index (χ4v) is 3.43. The standard InChI is InChI=1S/C24H21FN4O2/c1-16-7-2-3-10-19(16)24(31)26-14-22-28-20-11-4-5-12-21(20)29(22)15-23(30)27-18-9-6-8-17(25)13-18/h2-13H,14-15H2,1H3,(H,26,31)(H,27,30). The van der Waals surface area contributed by atoms with Gasteiger partial charge >= 0.3 is 0 Å². The quantitative estimate of drug-likeness (QED) is 0.498. The highest BCUT2D eigenvalue weighted by Gasteiger charge is 2.16. The van der Waals surface area contributed by atoms with Crippen LogP contribution in [0.1, 0.15) is 21.7 Å². The number of imidazole rings is 1. The Morgan fingerprint density at radius 2 is 1.77 bits per heavy atom. The molecule has 7 heteroatoms. The Kier molecular flexibility index (Phi) is 5.75. The minimum atomic E-state index is -0.425. The Hall–Kier alpha value is -4.00.